The molecule has 3 heterocycles. The number of benzene rings is 2. The topological polar surface area (TPSA) is 41.9 Å². The highest BCUT2D eigenvalue weighted by molar-refractivity contribution is 5.87. The van der Waals surface area contributed by atoms with E-state index in [1.807, 2.05) is 0 Å². The van der Waals surface area contributed by atoms with Gasteiger partial charge in [-0.1, -0.05) is 37.3 Å². The van der Waals surface area contributed by atoms with E-state index in [-0.39, 0.29) is 18.3 Å². The van der Waals surface area contributed by atoms with Crippen LogP contribution in [0.5, 0.6) is 5.75 Å². The van der Waals surface area contributed by atoms with Crippen molar-refractivity contribution in [3.63, 3.8) is 0 Å². The van der Waals surface area contributed by atoms with E-state index in [9.17, 15) is 5.11 Å². The van der Waals surface area contributed by atoms with Crippen LogP contribution in [0.1, 0.15) is 31.7 Å². The minimum Gasteiger partial charge on any atom is -0.493 e. The Kier molecular flexibility index (Phi) is 4.38. The van der Waals surface area contributed by atoms with Gasteiger partial charge in [-0.15, -0.1) is 0 Å². The highest BCUT2D eigenvalue weighted by atomic mass is 16.5. The molecule has 1 spiro atoms. The van der Waals surface area contributed by atoms with Gasteiger partial charge in [0, 0.05) is 43.6 Å². The Morgan fingerprint density at radius 2 is 2.15 bits per heavy atom. The third-order valence-corrected chi connectivity index (χ3v) is 6.91. The molecule has 2 aromatic rings. The lowest BCUT2D eigenvalue weighted by molar-refractivity contribution is 0.000348. The number of ether oxygens (including phenoxy) is 2. The Morgan fingerprint density at radius 1 is 1.26 bits per heavy atom. The van der Waals surface area contributed by atoms with Gasteiger partial charge < -0.3 is 14.6 Å². The number of hydrogen-bond donors (Lipinski definition) is 1. The van der Waals surface area contributed by atoms with Crippen LogP contribution in [0.2, 0.25) is 0 Å². The summed E-state index contributed by atoms with van der Waals surface area (Å²) in [5, 5.41) is 12.4. The molecule has 27 heavy (non-hydrogen) atoms. The molecule has 4 atom stereocenters. The zero-order valence-corrected chi connectivity index (χ0v) is 16.1. The predicted molar refractivity (Wildman–Crippen MR) is 106 cm³/mol. The molecule has 3 fully saturated rings. The zero-order chi connectivity index (χ0) is 18.4. The summed E-state index contributed by atoms with van der Waals surface area (Å²) in [6.07, 6.45) is 3.54. The van der Waals surface area contributed by atoms with E-state index in [2.05, 4.69) is 48.2 Å². The van der Waals surface area contributed by atoms with E-state index >= 15 is 0 Å². The lowest BCUT2D eigenvalue weighted by Gasteiger charge is -2.28. The molecule has 3 saturated heterocycles. The van der Waals surface area contributed by atoms with Gasteiger partial charge >= 0.3 is 0 Å². The van der Waals surface area contributed by atoms with Gasteiger partial charge in [0.05, 0.1) is 18.3 Å². The first kappa shape index (κ1) is 17.5. The number of nitrogens with zero attached hydrogens (tertiary/aromatic N) is 1. The van der Waals surface area contributed by atoms with Crippen molar-refractivity contribution in [3.05, 3.63) is 42.0 Å². The molecule has 2 aromatic carbocycles. The van der Waals surface area contributed by atoms with Crippen molar-refractivity contribution in [2.75, 3.05) is 26.3 Å². The Labute approximate surface area is 161 Å². The van der Waals surface area contributed by atoms with E-state index in [0.717, 1.165) is 51.3 Å². The van der Waals surface area contributed by atoms with Gasteiger partial charge in [-0.25, -0.2) is 0 Å². The normalized spacial score (nSPS) is 32.3. The average Bonchev–Trinajstić information content (AvgIpc) is 3.34. The number of aliphatic hydroxyl groups is 1. The molecule has 3 aliphatic rings. The highest BCUT2D eigenvalue weighted by Gasteiger charge is 2.62. The van der Waals surface area contributed by atoms with Crippen molar-refractivity contribution in [2.45, 2.75) is 44.4 Å². The highest BCUT2D eigenvalue weighted by Crippen LogP contribution is 2.55. The third-order valence-electron chi connectivity index (χ3n) is 6.91. The van der Waals surface area contributed by atoms with Crippen LogP contribution in [0.25, 0.3) is 10.8 Å². The first-order valence-corrected chi connectivity index (χ1v) is 10.4. The average molecular weight is 367 g/mol. The third kappa shape index (κ3) is 2.77. The van der Waals surface area contributed by atoms with Crippen LogP contribution in [-0.4, -0.2) is 48.0 Å². The van der Waals surface area contributed by atoms with Gasteiger partial charge in [0.1, 0.15) is 5.75 Å². The maximum absolute atomic E-state index is 9.87. The molecule has 0 aliphatic carbocycles. The zero-order valence-electron chi connectivity index (χ0n) is 16.1. The van der Waals surface area contributed by atoms with Crippen molar-refractivity contribution >= 4 is 10.8 Å². The minimum atomic E-state index is -0.0207. The summed E-state index contributed by atoms with van der Waals surface area (Å²) in [5.74, 6) is 1.79. The van der Waals surface area contributed by atoms with Crippen molar-refractivity contribution < 1.29 is 14.6 Å². The van der Waals surface area contributed by atoms with E-state index in [0.29, 0.717) is 11.8 Å². The molecule has 3 aliphatic heterocycles. The fourth-order valence-electron chi connectivity index (χ4n) is 5.70. The summed E-state index contributed by atoms with van der Waals surface area (Å²) in [6.45, 7) is 6.01. The first-order valence-electron chi connectivity index (χ1n) is 10.4. The van der Waals surface area contributed by atoms with Crippen LogP contribution in [0.4, 0.5) is 0 Å². The molecule has 0 radical (unpaired) electrons. The molecule has 5 rings (SSSR count). The van der Waals surface area contributed by atoms with Crippen LogP contribution in [-0.2, 0) is 11.3 Å². The molecule has 2 bridgehead atoms. The van der Waals surface area contributed by atoms with E-state index in [1.165, 1.54) is 16.3 Å². The molecule has 0 amide bonds. The summed E-state index contributed by atoms with van der Waals surface area (Å²) in [6, 6.07) is 12.9. The van der Waals surface area contributed by atoms with E-state index in [1.54, 1.807) is 0 Å². The molecule has 1 N–H and O–H groups in total. The standard InChI is InChI=1S/C23H29NO3/c1-2-11-26-21-8-7-16-5-3-4-6-17(16)18(21)12-24-13-20-19(14-25)22-9-10-23(20,15-24)27-22/h3-8,19-20,22,25H,2,9-15H2,1H3/t19-,20+,22+,23+/m0/s1. The number of rotatable bonds is 6. The molecule has 4 heteroatoms. The lowest BCUT2D eigenvalue weighted by Crippen LogP contribution is -2.37. The summed E-state index contributed by atoms with van der Waals surface area (Å²) in [5.41, 5.74) is 1.26. The maximum Gasteiger partial charge on any atom is 0.124 e. The van der Waals surface area contributed by atoms with Crippen LogP contribution in [0, 0.1) is 11.8 Å². The number of likely N-dealkylation sites (tertiary alicyclic amines) is 1. The largest absolute Gasteiger partial charge is 0.493 e. The Bertz CT molecular complexity index is 837. The molecule has 0 aromatic heterocycles. The Morgan fingerprint density at radius 3 is 3.00 bits per heavy atom. The number of fused-ring (bicyclic) bond motifs is 2. The van der Waals surface area contributed by atoms with Crippen molar-refractivity contribution in [2.24, 2.45) is 11.8 Å². The quantitative estimate of drug-likeness (QED) is 0.847. The molecule has 4 nitrogen and oxygen atoms in total. The van der Waals surface area contributed by atoms with Gasteiger partial charge in [0.15, 0.2) is 0 Å². The summed E-state index contributed by atoms with van der Waals surface area (Å²) >= 11 is 0. The van der Waals surface area contributed by atoms with Crippen molar-refractivity contribution in [1.29, 1.82) is 0 Å². The Balaban J connectivity index is 1.45. The molecule has 0 saturated carbocycles. The fourth-order valence-corrected chi connectivity index (χ4v) is 5.70. The molecular weight excluding hydrogens is 338 g/mol. The summed E-state index contributed by atoms with van der Waals surface area (Å²) < 4.78 is 12.5. The van der Waals surface area contributed by atoms with Gasteiger partial charge in [-0.2, -0.15) is 0 Å². The van der Waals surface area contributed by atoms with Gasteiger partial charge in [-0.05, 0) is 36.1 Å². The van der Waals surface area contributed by atoms with Crippen LogP contribution >= 0.6 is 0 Å². The second-order valence-corrected chi connectivity index (χ2v) is 8.49. The van der Waals surface area contributed by atoms with Crippen molar-refractivity contribution in [3.8, 4) is 5.75 Å². The fraction of sp³-hybridized carbons (Fsp3) is 0.565. The second kappa shape index (κ2) is 6.77. The smallest absolute Gasteiger partial charge is 0.124 e. The van der Waals surface area contributed by atoms with Gasteiger partial charge in [-0.3, -0.25) is 4.90 Å². The number of hydrogen-bond acceptors (Lipinski definition) is 4. The first-order chi connectivity index (χ1) is 13.2. The minimum absolute atomic E-state index is 0.0207. The van der Waals surface area contributed by atoms with Crippen LogP contribution in [0.3, 0.4) is 0 Å². The monoisotopic (exact) mass is 367 g/mol. The van der Waals surface area contributed by atoms with E-state index in [4.69, 9.17) is 9.47 Å². The van der Waals surface area contributed by atoms with Crippen LogP contribution < -0.4 is 4.74 Å². The molecular formula is C23H29NO3. The second-order valence-electron chi connectivity index (χ2n) is 8.49. The van der Waals surface area contributed by atoms with Crippen LogP contribution in [0.15, 0.2) is 36.4 Å². The summed E-state index contributed by atoms with van der Waals surface area (Å²) in [4.78, 5) is 2.52. The number of aliphatic hydroxyl groups excluding tert-OH is 1. The Hall–Kier alpha value is -1.62. The lowest BCUT2D eigenvalue weighted by atomic mass is 9.74. The van der Waals surface area contributed by atoms with Gasteiger partial charge in [0.25, 0.3) is 0 Å². The van der Waals surface area contributed by atoms with E-state index < -0.39 is 0 Å². The van der Waals surface area contributed by atoms with Crippen molar-refractivity contribution in [1.82, 2.24) is 4.90 Å². The predicted octanol–water partition coefficient (Wildman–Crippen LogP) is 3.60. The molecule has 0 unspecified atom stereocenters. The SMILES string of the molecule is CCCOc1ccc2ccccc2c1CN1C[C@@H]2[C@H](CO)[C@H]3CC[C@]2(C1)O3. The molecule has 144 valence electrons. The van der Waals surface area contributed by atoms with Gasteiger partial charge in [0.2, 0.25) is 0 Å². The summed E-state index contributed by atoms with van der Waals surface area (Å²) in [7, 11) is 0. The maximum atomic E-state index is 9.87.